The van der Waals surface area contributed by atoms with Gasteiger partial charge in [-0.2, -0.15) is 5.26 Å². The first-order valence-electron chi connectivity index (χ1n) is 13.9. The zero-order valence-corrected chi connectivity index (χ0v) is 23.4. The van der Waals surface area contributed by atoms with Gasteiger partial charge in [0.1, 0.15) is 24.1 Å². The molecule has 0 spiro atoms. The van der Waals surface area contributed by atoms with Gasteiger partial charge in [0.25, 0.3) is 0 Å². The van der Waals surface area contributed by atoms with Crippen molar-refractivity contribution in [2.75, 3.05) is 0 Å². The fraction of sp³-hybridized carbons (Fsp3) is 0.206. The van der Waals surface area contributed by atoms with Crippen LogP contribution in [-0.4, -0.2) is 25.6 Å². The Morgan fingerprint density at radius 1 is 1.05 bits per heavy atom. The van der Waals surface area contributed by atoms with Crippen LogP contribution in [0.2, 0.25) is 0 Å². The smallest absolute Gasteiger partial charge is 0.335 e. The van der Waals surface area contributed by atoms with Crippen molar-refractivity contribution in [3.63, 3.8) is 0 Å². The highest BCUT2D eigenvalue weighted by molar-refractivity contribution is 5.92. The number of carboxylic acid groups (broad SMARTS) is 1. The lowest BCUT2D eigenvalue weighted by atomic mass is 10.0. The molecule has 218 valence electrons. The number of aromatic carboxylic acids is 1. The number of ether oxygens (including phenoxy) is 1. The van der Waals surface area contributed by atoms with Gasteiger partial charge in [0.2, 0.25) is 5.88 Å². The number of hydrogen-bond acceptors (Lipinski definition) is 5. The van der Waals surface area contributed by atoms with E-state index in [0.29, 0.717) is 46.6 Å². The average Bonchev–Trinajstić information content (AvgIpc) is 3.70. The molecule has 3 aromatic carbocycles. The van der Waals surface area contributed by atoms with Gasteiger partial charge in [-0.1, -0.05) is 30.3 Å². The van der Waals surface area contributed by atoms with E-state index < -0.39 is 17.6 Å². The Kier molecular flexibility index (Phi) is 7.50. The van der Waals surface area contributed by atoms with Gasteiger partial charge < -0.3 is 14.4 Å². The number of halogens is 2. The normalized spacial score (nSPS) is 13.3. The third kappa shape index (κ3) is 5.83. The van der Waals surface area contributed by atoms with Crippen LogP contribution in [0.25, 0.3) is 27.1 Å². The summed E-state index contributed by atoms with van der Waals surface area (Å²) in [5.41, 5.74) is 3.07. The van der Waals surface area contributed by atoms with E-state index in [1.165, 1.54) is 24.3 Å². The quantitative estimate of drug-likeness (QED) is 0.169. The molecular weight excluding hydrogens is 564 g/mol. The lowest BCUT2D eigenvalue weighted by molar-refractivity contribution is 0.0697. The van der Waals surface area contributed by atoms with Gasteiger partial charge in [0, 0.05) is 42.0 Å². The van der Waals surface area contributed by atoms with Gasteiger partial charge >= 0.3 is 5.97 Å². The standard InChI is InChI=1S/C34H25F2N5O3/c1-38-25-9-7-24(27(36)18-25)19-44-32-4-2-3-28(40-32)22-6-5-21(26(35)15-22)17-31-39-29-10-8-23(33(42)43)16-30(29)41(31)20-34(11-12-34)13-14-37/h2-10,15-16,18H,11-13,17,19-20H2,(H,42,43). The van der Waals surface area contributed by atoms with Crippen molar-refractivity contribution in [2.24, 2.45) is 5.41 Å². The highest BCUT2D eigenvalue weighted by Crippen LogP contribution is 2.50. The number of rotatable bonds is 10. The first-order chi connectivity index (χ1) is 21.3. The largest absolute Gasteiger partial charge is 0.478 e. The van der Waals surface area contributed by atoms with E-state index in [1.54, 1.807) is 42.5 Å². The molecule has 0 radical (unpaired) electrons. The fourth-order valence-electron chi connectivity index (χ4n) is 5.24. The summed E-state index contributed by atoms with van der Waals surface area (Å²) in [7, 11) is 0. The molecule has 0 aliphatic heterocycles. The molecule has 1 saturated carbocycles. The molecule has 1 aliphatic carbocycles. The van der Waals surface area contributed by atoms with E-state index in [0.717, 1.165) is 18.9 Å². The Bertz CT molecular complexity index is 2000. The van der Waals surface area contributed by atoms with Crippen LogP contribution < -0.4 is 4.74 Å². The summed E-state index contributed by atoms with van der Waals surface area (Å²) in [6.45, 7) is 7.41. The van der Waals surface area contributed by atoms with Crippen molar-refractivity contribution < 1.29 is 23.4 Å². The van der Waals surface area contributed by atoms with Crippen LogP contribution in [0.5, 0.6) is 5.88 Å². The number of nitrogens with zero attached hydrogens (tertiary/aromatic N) is 5. The molecule has 6 rings (SSSR count). The molecular formula is C34H25F2N5O3. The molecule has 2 aromatic heterocycles. The van der Waals surface area contributed by atoms with Crippen LogP contribution in [0, 0.1) is 35.0 Å². The first kappa shape index (κ1) is 28.5. The van der Waals surface area contributed by atoms with Crippen LogP contribution in [-0.2, 0) is 19.6 Å². The Balaban J connectivity index is 1.25. The predicted molar refractivity (Wildman–Crippen MR) is 158 cm³/mol. The van der Waals surface area contributed by atoms with Crippen molar-refractivity contribution >= 4 is 22.7 Å². The molecule has 1 fully saturated rings. The molecule has 0 bridgehead atoms. The summed E-state index contributed by atoms with van der Waals surface area (Å²) < 4.78 is 37.4. The number of pyridine rings is 1. The van der Waals surface area contributed by atoms with E-state index in [1.807, 2.05) is 4.57 Å². The highest BCUT2D eigenvalue weighted by atomic mass is 19.1. The maximum absolute atomic E-state index is 15.5. The summed E-state index contributed by atoms with van der Waals surface area (Å²) in [4.78, 5) is 24.0. The zero-order valence-electron chi connectivity index (χ0n) is 23.4. The van der Waals surface area contributed by atoms with E-state index in [9.17, 15) is 19.6 Å². The number of carbonyl (C=O) groups is 1. The Morgan fingerprint density at radius 2 is 1.84 bits per heavy atom. The summed E-state index contributed by atoms with van der Waals surface area (Å²) in [5.74, 6) is -1.22. The van der Waals surface area contributed by atoms with Crippen LogP contribution in [0.1, 0.15) is 46.6 Å². The number of aromatic nitrogens is 3. The fourth-order valence-corrected chi connectivity index (χ4v) is 5.24. The number of imidazole rings is 1. The minimum atomic E-state index is -1.05. The van der Waals surface area contributed by atoms with E-state index in [2.05, 4.69) is 15.9 Å². The van der Waals surface area contributed by atoms with E-state index >= 15 is 4.39 Å². The number of hydrogen-bond donors (Lipinski definition) is 1. The second kappa shape index (κ2) is 11.6. The molecule has 44 heavy (non-hydrogen) atoms. The third-order valence-electron chi connectivity index (χ3n) is 7.94. The second-order valence-corrected chi connectivity index (χ2v) is 11.0. The maximum Gasteiger partial charge on any atom is 0.335 e. The minimum absolute atomic E-state index is 0.0848. The Labute approximate surface area is 251 Å². The zero-order chi connectivity index (χ0) is 30.8. The molecule has 0 atom stereocenters. The summed E-state index contributed by atoms with van der Waals surface area (Å²) in [6, 6.07) is 21.0. The molecule has 0 unspecified atom stereocenters. The third-order valence-corrected chi connectivity index (χ3v) is 7.94. The van der Waals surface area contributed by atoms with Gasteiger partial charge in [-0.3, -0.25) is 0 Å². The van der Waals surface area contributed by atoms with Crippen molar-refractivity contribution in [3.05, 3.63) is 118 Å². The van der Waals surface area contributed by atoms with E-state index in [-0.39, 0.29) is 41.1 Å². The Morgan fingerprint density at radius 3 is 2.55 bits per heavy atom. The van der Waals surface area contributed by atoms with Crippen molar-refractivity contribution in [1.82, 2.24) is 14.5 Å². The average molecular weight is 590 g/mol. The lowest BCUT2D eigenvalue weighted by Gasteiger charge is -2.16. The topological polar surface area (TPSA) is 105 Å². The van der Waals surface area contributed by atoms with Gasteiger partial charge in [0.15, 0.2) is 5.69 Å². The van der Waals surface area contributed by atoms with Crippen LogP contribution in [0.3, 0.4) is 0 Å². The number of nitriles is 1. The second-order valence-electron chi connectivity index (χ2n) is 11.0. The number of fused-ring (bicyclic) bond motifs is 1. The summed E-state index contributed by atoms with van der Waals surface area (Å²) in [5, 5.41) is 18.9. The van der Waals surface area contributed by atoms with E-state index in [4.69, 9.17) is 16.3 Å². The van der Waals surface area contributed by atoms with Gasteiger partial charge in [-0.25, -0.2) is 28.4 Å². The predicted octanol–water partition coefficient (Wildman–Crippen LogP) is 7.49. The molecule has 5 aromatic rings. The molecule has 1 N–H and O–H groups in total. The van der Waals surface area contributed by atoms with Crippen molar-refractivity contribution in [2.45, 2.75) is 38.8 Å². The molecule has 2 heterocycles. The highest BCUT2D eigenvalue weighted by Gasteiger charge is 2.43. The lowest BCUT2D eigenvalue weighted by Crippen LogP contribution is -2.14. The SMILES string of the molecule is [C-]#[N+]c1ccc(COc2cccc(-c3ccc(Cc4nc5ccc(C(=O)O)cc5n4CC4(CC#N)CC4)c(F)c3)n2)c(F)c1. The first-order valence-corrected chi connectivity index (χ1v) is 13.9. The maximum atomic E-state index is 15.5. The number of benzene rings is 3. The summed E-state index contributed by atoms with van der Waals surface area (Å²) >= 11 is 0. The minimum Gasteiger partial charge on any atom is -0.478 e. The van der Waals surface area contributed by atoms with Gasteiger partial charge in [0.05, 0.1) is 34.9 Å². The van der Waals surface area contributed by atoms with Gasteiger partial charge in [-0.15, -0.1) is 0 Å². The van der Waals surface area contributed by atoms with Crippen LogP contribution in [0.15, 0.2) is 72.8 Å². The molecule has 1 aliphatic rings. The van der Waals surface area contributed by atoms with Crippen molar-refractivity contribution in [1.29, 1.82) is 5.26 Å². The summed E-state index contributed by atoms with van der Waals surface area (Å²) in [6.07, 6.45) is 2.33. The van der Waals surface area contributed by atoms with Crippen molar-refractivity contribution in [3.8, 4) is 23.2 Å². The number of carboxylic acids is 1. The van der Waals surface area contributed by atoms with Crippen LogP contribution >= 0.6 is 0 Å². The Hall–Kier alpha value is -5.61. The monoisotopic (exact) mass is 589 g/mol. The van der Waals surface area contributed by atoms with Crippen LogP contribution in [0.4, 0.5) is 14.5 Å². The molecule has 0 saturated heterocycles. The molecule has 8 nitrogen and oxygen atoms in total. The van der Waals surface area contributed by atoms with Gasteiger partial charge in [-0.05, 0) is 54.8 Å². The molecule has 0 amide bonds. The molecule has 10 heteroatoms.